The number of H-pyrrole nitrogens is 1. The molecule has 0 amide bonds. The van der Waals surface area contributed by atoms with Gasteiger partial charge in [-0.05, 0) is 62.1 Å². The van der Waals surface area contributed by atoms with Gasteiger partial charge in [0.1, 0.15) is 5.56 Å². The van der Waals surface area contributed by atoms with Crippen molar-refractivity contribution in [1.82, 2.24) is 4.98 Å². The third kappa shape index (κ3) is 2.25. The average Bonchev–Trinajstić information content (AvgIpc) is 2.36. The molecule has 0 aliphatic carbocycles. The fourth-order valence-electron chi connectivity index (χ4n) is 2.41. The van der Waals surface area contributed by atoms with Crippen molar-refractivity contribution in [1.29, 1.82) is 0 Å². The second kappa shape index (κ2) is 4.96. The number of aryl methyl sites for hydroxylation is 2. The first-order chi connectivity index (χ1) is 9.32. The Labute approximate surface area is 117 Å². The molecule has 20 heavy (non-hydrogen) atoms. The highest BCUT2D eigenvalue weighted by molar-refractivity contribution is 5.87. The van der Waals surface area contributed by atoms with E-state index in [4.69, 9.17) is 5.11 Å². The Bertz CT molecular complexity index is 731. The van der Waals surface area contributed by atoms with E-state index >= 15 is 0 Å². The minimum absolute atomic E-state index is 0.242. The zero-order chi connectivity index (χ0) is 15.0. The Morgan fingerprint density at radius 3 is 2.05 bits per heavy atom. The molecule has 2 rings (SSSR count). The van der Waals surface area contributed by atoms with Crippen molar-refractivity contribution in [3.05, 3.63) is 56.4 Å². The molecule has 2 N–H and O–H groups in total. The van der Waals surface area contributed by atoms with Gasteiger partial charge in [0.2, 0.25) is 0 Å². The van der Waals surface area contributed by atoms with Crippen molar-refractivity contribution in [2.75, 3.05) is 0 Å². The van der Waals surface area contributed by atoms with Crippen LogP contribution in [0.5, 0.6) is 0 Å². The first kappa shape index (κ1) is 14.1. The Balaban J connectivity index is 2.73. The van der Waals surface area contributed by atoms with E-state index < -0.39 is 11.5 Å². The lowest BCUT2D eigenvalue weighted by Crippen LogP contribution is -2.17. The topological polar surface area (TPSA) is 70.2 Å². The predicted octanol–water partition coefficient (Wildman–Crippen LogP) is 2.97. The van der Waals surface area contributed by atoms with Crippen LogP contribution in [0, 0.1) is 27.7 Å². The number of aromatic nitrogens is 1. The molecule has 0 spiro atoms. The van der Waals surface area contributed by atoms with Crippen molar-refractivity contribution in [2.45, 2.75) is 27.7 Å². The summed E-state index contributed by atoms with van der Waals surface area (Å²) in [5.41, 5.74) is 5.27. The summed E-state index contributed by atoms with van der Waals surface area (Å²) >= 11 is 0. The van der Waals surface area contributed by atoms with E-state index in [0.29, 0.717) is 5.69 Å². The maximum absolute atomic E-state index is 11.8. The van der Waals surface area contributed by atoms with Crippen LogP contribution in [0.25, 0.3) is 11.3 Å². The van der Waals surface area contributed by atoms with E-state index in [0.717, 1.165) is 27.8 Å². The number of aromatic carboxylic acids is 1. The van der Waals surface area contributed by atoms with Crippen molar-refractivity contribution in [3.8, 4) is 11.3 Å². The zero-order valence-electron chi connectivity index (χ0n) is 12.0. The molecule has 0 atom stereocenters. The van der Waals surface area contributed by atoms with E-state index in [2.05, 4.69) is 11.1 Å². The van der Waals surface area contributed by atoms with Crippen LogP contribution < -0.4 is 5.56 Å². The van der Waals surface area contributed by atoms with Crippen molar-refractivity contribution in [2.24, 2.45) is 0 Å². The second-order valence-corrected chi connectivity index (χ2v) is 5.06. The Kier molecular flexibility index (Phi) is 3.49. The molecule has 1 heterocycles. The molecule has 0 radical (unpaired) electrons. The van der Waals surface area contributed by atoms with Crippen molar-refractivity contribution in [3.63, 3.8) is 0 Å². The molecule has 4 heteroatoms. The van der Waals surface area contributed by atoms with Gasteiger partial charge in [0.15, 0.2) is 0 Å². The molecular weight excluding hydrogens is 254 g/mol. The number of hydrogen-bond donors (Lipinski definition) is 2. The van der Waals surface area contributed by atoms with Gasteiger partial charge in [0, 0.05) is 11.3 Å². The van der Waals surface area contributed by atoms with Gasteiger partial charge in [-0.15, -0.1) is 0 Å². The molecule has 104 valence electrons. The number of pyridine rings is 1. The van der Waals surface area contributed by atoms with E-state index in [1.165, 1.54) is 6.07 Å². The largest absolute Gasteiger partial charge is 0.477 e. The summed E-state index contributed by atoms with van der Waals surface area (Å²) in [7, 11) is 0. The van der Waals surface area contributed by atoms with E-state index in [-0.39, 0.29) is 5.56 Å². The minimum atomic E-state index is -1.22. The number of carboxylic acid groups (broad SMARTS) is 1. The highest BCUT2D eigenvalue weighted by Crippen LogP contribution is 2.29. The van der Waals surface area contributed by atoms with Crippen LogP contribution in [-0.4, -0.2) is 16.1 Å². The zero-order valence-corrected chi connectivity index (χ0v) is 12.0. The average molecular weight is 271 g/mol. The molecule has 0 aliphatic heterocycles. The van der Waals surface area contributed by atoms with Crippen LogP contribution in [0.1, 0.15) is 32.6 Å². The van der Waals surface area contributed by atoms with Crippen LogP contribution in [-0.2, 0) is 0 Å². The van der Waals surface area contributed by atoms with Crippen molar-refractivity contribution < 1.29 is 9.90 Å². The summed E-state index contributed by atoms with van der Waals surface area (Å²) in [6, 6.07) is 5.12. The number of carboxylic acids is 1. The fraction of sp³-hybridized carbons (Fsp3) is 0.250. The fourth-order valence-corrected chi connectivity index (χ4v) is 2.41. The lowest BCUT2D eigenvalue weighted by atomic mass is 9.92. The van der Waals surface area contributed by atoms with Crippen LogP contribution in [0.15, 0.2) is 23.0 Å². The Morgan fingerprint density at radius 2 is 1.60 bits per heavy atom. The Morgan fingerprint density at radius 1 is 1.05 bits per heavy atom. The van der Waals surface area contributed by atoms with Crippen LogP contribution in [0.3, 0.4) is 0 Å². The molecule has 0 unspecified atom stereocenters. The molecule has 4 nitrogen and oxygen atoms in total. The smallest absolute Gasteiger partial charge is 0.341 e. The van der Waals surface area contributed by atoms with Gasteiger partial charge in [-0.2, -0.15) is 0 Å². The van der Waals surface area contributed by atoms with Gasteiger partial charge in [0.25, 0.3) is 5.56 Å². The molecule has 0 fully saturated rings. The van der Waals surface area contributed by atoms with Crippen LogP contribution in [0.4, 0.5) is 0 Å². The quantitative estimate of drug-likeness (QED) is 0.882. The summed E-state index contributed by atoms with van der Waals surface area (Å²) in [4.78, 5) is 25.4. The number of aromatic amines is 1. The number of nitrogens with one attached hydrogen (secondary N) is 1. The van der Waals surface area contributed by atoms with Gasteiger partial charge in [-0.1, -0.05) is 6.07 Å². The lowest BCUT2D eigenvalue weighted by molar-refractivity contribution is 0.0695. The summed E-state index contributed by atoms with van der Waals surface area (Å²) in [6.07, 6.45) is 0. The van der Waals surface area contributed by atoms with Crippen LogP contribution in [0.2, 0.25) is 0 Å². The monoisotopic (exact) mass is 271 g/mol. The maximum atomic E-state index is 11.8. The van der Waals surface area contributed by atoms with Gasteiger partial charge in [-0.3, -0.25) is 4.79 Å². The lowest BCUT2D eigenvalue weighted by Gasteiger charge is -2.15. The summed E-state index contributed by atoms with van der Waals surface area (Å²) in [5, 5.41) is 8.90. The van der Waals surface area contributed by atoms with E-state index in [1.54, 1.807) is 6.07 Å². The standard InChI is InChI=1S/C16H17NO3/c1-8-7-9(2)11(4)14(10(8)3)13-6-5-12(16(19)20)15(18)17-13/h5-7H,1-4H3,(H,17,18)(H,19,20). The third-order valence-corrected chi connectivity index (χ3v) is 3.78. The molecule has 1 aromatic heterocycles. The number of benzene rings is 1. The molecule has 0 bridgehead atoms. The van der Waals surface area contributed by atoms with E-state index in [9.17, 15) is 9.59 Å². The highest BCUT2D eigenvalue weighted by atomic mass is 16.4. The van der Waals surface area contributed by atoms with E-state index in [1.807, 2.05) is 27.7 Å². The molecule has 0 saturated heterocycles. The third-order valence-electron chi connectivity index (χ3n) is 3.78. The summed E-state index contributed by atoms with van der Waals surface area (Å²) in [6.45, 7) is 8.05. The van der Waals surface area contributed by atoms with Crippen LogP contribution >= 0.6 is 0 Å². The van der Waals surface area contributed by atoms with Gasteiger partial charge >= 0.3 is 5.97 Å². The first-order valence-electron chi connectivity index (χ1n) is 6.37. The summed E-state index contributed by atoms with van der Waals surface area (Å²) < 4.78 is 0. The summed E-state index contributed by atoms with van der Waals surface area (Å²) in [5.74, 6) is -1.22. The Hall–Kier alpha value is -2.36. The maximum Gasteiger partial charge on any atom is 0.341 e. The van der Waals surface area contributed by atoms with Crippen molar-refractivity contribution >= 4 is 5.97 Å². The second-order valence-electron chi connectivity index (χ2n) is 5.06. The van der Waals surface area contributed by atoms with Gasteiger partial charge < -0.3 is 10.1 Å². The normalized spacial score (nSPS) is 10.6. The van der Waals surface area contributed by atoms with Gasteiger partial charge in [0.05, 0.1) is 0 Å². The number of carbonyl (C=O) groups is 1. The molecule has 1 aromatic carbocycles. The highest BCUT2D eigenvalue weighted by Gasteiger charge is 2.14. The minimum Gasteiger partial charge on any atom is -0.477 e. The molecule has 2 aromatic rings. The molecular formula is C16H17NO3. The molecule has 0 aliphatic rings. The number of hydrogen-bond acceptors (Lipinski definition) is 2. The van der Waals surface area contributed by atoms with Gasteiger partial charge in [-0.25, -0.2) is 4.79 Å². The molecule has 0 saturated carbocycles. The number of rotatable bonds is 2. The SMILES string of the molecule is Cc1cc(C)c(C)c(-c2ccc(C(=O)O)c(=O)[nH]2)c1C. The predicted molar refractivity (Wildman–Crippen MR) is 78.4 cm³/mol. The first-order valence-corrected chi connectivity index (χ1v) is 6.37.